The van der Waals surface area contributed by atoms with Gasteiger partial charge in [-0.15, -0.1) is 0 Å². The normalized spacial score (nSPS) is 12.8. The van der Waals surface area contributed by atoms with Gasteiger partial charge in [-0.2, -0.15) is 4.98 Å². The predicted molar refractivity (Wildman–Crippen MR) is 75.3 cm³/mol. The second-order valence-electron chi connectivity index (χ2n) is 4.26. The summed E-state index contributed by atoms with van der Waals surface area (Å²) in [4.78, 5) is 8.80. The molecule has 0 spiro atoms. The number of benzene rings is 1. The molecule has 0 aliphatic rings. The summed E-state index contributed by atoms with van der Waals surface area (Å²) in [7, 11) is 0. The fraction of sp³-hybridized carbons (Fsp3) is 0.154. The third kappa shape index (κ3) is 2.24. The molecule has 0 unspecified atom stereocenters. The van der Waals surface area contributed by atoms with Gasteiger partial charge in [0.1, 0.15) is 5.69 Å². The van der Waals surface area contributed by atoms with Gasteiger partial charge < -0.3 is 10.3 Å². The van der Waals surface area contributed by atoms with E-state index >= 15 is 0 Å². The first-order chi connectivity index (χ1) is 9.15. The van der Waals surface area contributed by atoms with Gasteiger partial charge in [0.2, 0.25) is 11.7 Å². The third-order valence-corrected chi connectivity index (χ3v) is 3.33. The van der Waals surface area contributed by atoms with Crippen molar-refractivity contribution in [2.75, 3.05) is 0 Å². The fourth-order valence-electron chi connectivity index (χ4n) is 1.76. The highest BCUT2D eigenvalue weighted by molar-refractivity contribution is 9.10. The van der Waals surface area contributed by atoms with E-state index < -0.39 is 0 Å². The van der Waals surface area contributed by atoms with Crippen molar-refractivity contribution >= 4 is 26.8 Å². The topological polar surface area (TPSA) is 77.8 Å². The summed E-state index contributed by atoms with van der Waals surface area (Å²) < 4.78 is 5.92. The highest BCUT2D eigenvalue weighted by Crippen LogP contribution is 2.28. The van der Waals surface area contributed by atoms with E-state index in [1.165, 1.54) is 0 Å². The number of aromatic nitrogens is 3. The molecule has 3 rings (SSSR count). The Morgan fingerprint density at radius 3 is 2.79 bits per heavy atom. The summed E-state index contributed by atoms with van der Waals surface area (Å²) in [6.45, 7) is 1.79. The lowest BCUT2D eigenvalue weighted by Crippen LogP contribution is -2.04. The van der Waals surface area contributed by atoms with Crippen LogP contribution in [0.25, 0.3) is 22.4 Å². The van der Waals surface area contributed by atoms with Gasteiger partial charge >= 0.3 is 0 Å². The minimum atomic E-state index is -0.291. The molecule has 0 radical (unpaired) electrons. The molecule has 5 nitrogen and oxygen atoms in total. The lowest BCUT2D eigenvalue weighted by atomic mass is 10.2. The van der Waals surface area contributed by atoms with Gasteiger partial charge in [0.25, 0.3) is 0 Å². The SMILES string of the molecule is C[C@H](N)c1nc(-c2nc3ccccc3cc2Br)no1. The van der Waals surface area contributed by atoms with E-state index in [-0.39, 0.29) is 6.04 Å². The van der Waals surface area contributed by atoms with Crippen molar-refractivity contribution in [3.05, 3.63) is 40.7 Å². The molecule has 0 saturated carbocycles. The highest BCUT2D eigenvalue weighted by atomic mass is 79.9. The van der Waals surface area contributed by atoms with Gasteiger partial charge in [0.05, 0.1) is 11.6 Å². The van der Waals surface area contributed by atoms with Crippen LogP contribution in [0.15, 0.2) is 39.3 Å². The zero-order valence-electron chi connectivity index (χ0n) is 10.2. The molecule has 0 fully saturated rings. The second kappa shape index (κ2) is 4.71. The first-order valence-corrected chi connectivity index (χ1v) is 6.59. The van der Waals surface area contributed by atoms with E-state index in [9.17, 15) is 0 Å². The summed E-state index contributed by atoms with van der Waals surface area (Å²) in [5.41, 5.74) is 7.24. The monoisotopic (exact) mass is 318 g/mol. The van der Waals surface area contributed by atoms with Crippen molar-refractivity contribution in [3.63, 3.8) is 0 Å². The zero-order valence-corrected chi connectivity index (χ0v) is 11.8. The van der Waals surface area contributed by atoms with Crippen LogP contribution in [-0.2, 0) is 0 Å². The summed E-state index contributed by atoms with van der Waals surface area (Å²) in [5.74, 6) is 0.835. The molecule has 3 aromatic rings. The molecule has 2 aromatic heterocycles. The molecule has 0 bridgehead atoms. The quantitative estimate of drug-likeness (QED) is 0.785. The Morgan fingerprint density at radius 1 is 1.26 bits per heavy atom. The Balaban J connectivity index is 2.15. The summed E-state index contributed by atoms with van der Waals surface area (Å²) in [6.07, 6.45) is 0. The van der Waals surface area contributed by atoms with Crippen molar-refractivity contribution in [1.82, 2.24) is 15.1 Å². The van der Waals surface area contributed by atoms with Crippen LogP contribution in [0.3, 0.4) is 0 Å². The van der Waals surface area contributed by atoms with E-state index in [0.717, 1.165) is 15.4 Å². The number of hydrogen-bond acceptors (Lipinski definition) is 5. The number of nitrogens with zero attached hydrogens (tertiary/aromatic N) is 3. The van der Waals surface area contributed by atoms with Gasteiger partial charge in [-0.25, -0.2) is 4.98 Å². The average Bonchev–Trinajstić information content (AvgIpc) is 2.87. The second-order valence-corrected chi connectivity index (χ2v) is 5.11. The minimum Gasteiger partial charge on any atom is -0.337 e. The Hall–Kier alpha value is -1.79. The lowest BCUT2D eigenvalue weighted by molar-refractivity contribution is 0.362. The summed E-state index contributed by atoms with van der Waals surface area (Å²) >= 11 is 3.48. The Morgan fingerprint density at radius 2 is 2.05 bits per heavy atom. The molecule has 96 valence electrons. The Labute approximate surface area is 118 Å². The molecule has 1 aromatic carbocycles. The van der Waals surface area contributed by atoms with E-state index in [1.807, 2.05) is 30.3 Å². The van der Waals surface area contributed by atoms with Crippen LogP contribution >= 0.6 is 15.9 Å². The van der Waals surface area contributed by atoms with Crippen LogP contribution in [0, 0.1) is 0 Å². The number of fused-ring (bicyclic) bond motifs is 1. The number of para-hydroxylation sites is 1. The summed E-state index contributed by atoms with van der Waals surface area (Å²) in [5, 5.41) is 4.97. The first-order valence-electron chi connectivity index (χ1n) is 5.80. The van der Waals surface area contributed by atoms with Crippen LogP contribution in [0.5, 0.6) is 0 Å². The van der Waals surface area contributed by atoms with Crippen LogP contribution in [0.2, 0.25) is 0 Å². The van der Waals surface area contributed by atoms with Gasteiger partial charge in [0, 0.05) is 9.86 Å². The van der Waals surface area contributed by atoms with Crippen molar-refractivity contribution in [2.24, 2.45) is 5.73 Å². The maximum atomic E-state index is 5.71. The maximum absolute atomic E-state index is 5.71. The lowest BCUT2D eigenvalue weighted by Gasteiger charge is -2.02. The van der Waals surface area contributed by atoms with Gasteiger partial charge in [-0.05, 0) is 35.0 Å². The molecule has 19 heavy (non-hydrogen) atoms. The highest BCUT2D eigenvalue weighted by Gasteiger charge is 2.16. The summed E-state index contributed by atoms with van der Waals surface area (Å²) in [6, 6.07) is 9.55. The van der Waals surface area contributed by atoms with Gasteiger partial charge in [-0.3, -0.25) is 0 Å². The average molecular weight is 319 g/mol. The fourth-order valence-corrected chi connectivity index (χ4v) is 2.28. The minimum absolute atomic E-state index is 0.291. The largest absolute Gasteiger partial charge is 0.337 e. The maximum Gasteiger partial charge on any atom is 0.243 e. The molecule has 6 heteroatoms. The standard InChI is InChI=1S/C13H11BrN4O/c1-7(15)13-17-12(18-19-13)11-9(14)6-8-4-2-3-5-10(8)16-11/h2-7H,15H2,1H3/t7-/m0/s1. The number of nitrogens with two attached hydrogens (primary N) is 1. The van der Waals surface area contributed by atoms with Crippen molar-refractivity contribution < 1.29 is 4.52 Å². The van der Waals surface area contributed by atoms with Gasteiger partial charge in [0.15, 0.2) is 0 Å². The van der Waals surface area contributed by atoms with Crippen molar-refractivity contribution in [1.29, 1.82) is 0 Å². The molecule has 0 amide bonds. The van der Waals surface area contributed by atoms with E-state index in [4.69, 9.17) is 10.3 Å². The molecule has 1 atom stereocenters. The number of halogens is 1. The van der Waals surface area contributed by atoms with Gasteiger partial charge in [-0.1, -0.05) is 23.4 Å². The van der Waals surface area contributed by atoms with E-state index in [0.29, 0.717) is 17.4 Å². The smallest absolute Gasteiger partial charge is 0.243 e. The van der Waals surface area contributed by atoms with Crippen LogP contribution in [0.1, 0.15) is 18.9 Å². The Bertz CT molecular complexity index is 738. The molecule has 0 saturated heterocycles. The van der Waals surface area contributed by atoms with E-state index in [2.05, 4.69) is 31.1 Å². The van der Waals surface area contributed by atoms with Crippen molar-refractivity contribution in [3.8, 4) is 11.5 Å². The molecular formula is C13H11BrN4O. The molecular weight excluding hydrogens is 308 g/mol. The molecule has 2 N–H and O–H groups in total. The zero-order chi connectivity index (χ0) is 13.4. The van der Waals surface area contributed by atoms with Crippen LogP contribution < -0.4 is 5.73 Å². The Kier molecular flexibility index (Phi) is 3.04. The van der Waals surface area contributed by atoms with Crippen molar-refractivity contribution in [2.45, 2.75) is 13.0 Å². The first kappa shape index (κ1) is 12.3. The molecule has 2 heterocycles. The number of pyridine rings is 1. The number of hydrogen-bond donors (Lipinski definition) is 1. The third-order valence-electron chi connectivity index (χ3n) is 2.72. The predicted octanol–water partition coefficient (Wildman–Crippen LogP) is 3.07. The van der Waals surface area contributed by atoms with Crippen LogP contribution in [0.4, 0.5) is 0 Å². The number of rotatable bonds is 2. The van der Waals surface area contributed by atoms with Crippen LogP contribution in [-0.4, -0.2) is 15.1 Å². The molecule has 0 aliphatic carbocycles. The molecule has 0 aliphatic heterocycles. The van der Waals surface area contributed by atoms with E-state index in [1.54, 1.807) is 6.92 Å².